The van der Waals surface area contributed by atoms with Gasteiger partial charge < -0.3 is 5.32 Å². The predicted octanol–water partition coefficient (Wildman–Crippen LogP) is 3.30. The van der Waals surface area contributed by atoms with Gasteiger partial charge in [0, 0.05) is 5.02 Å². The van der Waals surface area contributed by atoms with E-state index in [1.807, 2.05) is 0 Å². The van der Waals surface area contributed by atoms with Crippen molar-refractivity contribution in [2.24, 2.45) is 0 Å². The van der Waals surface area contributed by atoms with E-state index in [9.17, 15) is 13.2 Å². The molecule has 0 unspecified atom stereocenters. The predicted molar refractivity (Wildman–Crippen MR) is 91.3 cm³/mol. The smallest absolute Gasteiger partial charge is 0.242 e. The van der Waals surface area contributed by atoms with Crippen molar-refractivity contribution in [1.82, 2.24) is 4.72 Å². The molecule has 23 heavy (non-hydrogen) atoms. The number of carbonyl (C=O) groups is 1. The molecule has 2 aromatic carbocycles. The first-order valence-electron chi connectivity index (χ1n) is 6.63. The Labute approximate surface area is 144 Å². The maximum atomic E-state index is 12.2. The van der Waals surface area contributed by atoms with E-state index in [1.165, 1.54) is 31.2 Å². The van der Waals surface area contributed by atoms with Crippen molar-refractivity contribution in [2.45, 2.75) is 17.9 Å². The Morgan fingerprint density at radius 3 is 2.39 bits per heavy atom. The molecule has 0 fully saturated rings. The Bertz CT molecular complexity index is 811. The monoisotopic (exact) mass is 372 g/mol. The van der Waals surface area contributed by atoms with E-state index in [0.717, 1.165) is 0 Å². The number of hydrogen-bond acceptors (Lipinski definition) is 3. The molecule has 0 spiro atoms. The maximum absolute atomic E-state index is 12.2. The van der Waals surface area contributed by atoms with E-state index < -0.39 is 22.0 Å². The molecule has 0 saturated heterocycles. The molecule has 1 amide bonds. The zero-order valence-corrected chi connectivity index (χ0v) is 14.4. The molecule has 2 aromatic rings. The third kappa shape index (κ3) is 4.68. The molecule has 8 heteroatoms. The number of rotatable bonds is 5. The van der Waals surface area contributed by atoms with Gasteiger partial charge in [0.1, 0.15) is 0 Å². The van der Waals surface area contributed by atoms with Crippen molar-refractivity contribution in [1.29, 1.82) is 0 Å². The summed E-state index contributed by atoms with van der Waals surface area (Å²) in [5.74, 6) is -0.548. The summed E-state index contributed by atoms with van der Waals surface area (Å²) in [5, 5.41) is 3.25. The van der Waals surface area contributed by atoms with Gasteiger partial charge in [0.25, 0.3) is 0 Å². The number of anilines is 1. The van der Waals surface area contributed by atoms with Gasteiger partial charge in [-0.3, -0.25) is 4.79 Å². The molecule has 0 aliphatic heterocycles. The molecule has 0 aliphatic rings. The normalized spacial score (nSPS) is 12.7. The van der Waals surface area contributed by atoms with Crippen LogP contribution in [0.1, 0.15) is 6.92 Å². The van der Waals surface area contributed by atoms with E-state index in [1.54, 1.807) is 24.3 Å². The average Bonchev–Trinajstić information content (AvgIpc) is 2.51. The molecule has 1 atom stereocenters. The molecule has 0 aliphatic carbocycles. The third-order valence-corrected chi connectivity index (χ3v) is 5.09. The van der Waals surface area contributed by atoms with Gasteiger partial charge in [-0.15, -0.1) is 0 Å². The van der Waals surface area contributed by atoms with Crippen molar-refractivity contribution in [3.05, 3.63) is 58.6 Å². The molecule has 5 nitrogen and oxygen atoms in total. The van der Waals surface area contributed by atoms with Gasteiger partial charge in [-0.05, 0) is 37.3 Å². The molecule has 0 radical (unpaired) electrons. The van der Waals surface area contributed by atoms with Crippen LogP contribution in [-0.2, 0) is 14.8 Å². The van der Waals surface area contributed by atoms with E-state index in [2.05, 4.69) is 10.0 Å². The Morgan fingerprint density at radius 1 is 1.09 bits per heavy atom. The third-order valence-electron chi connectivity index (χ3n) is 2.96. The second kappa shape index (κ2) is 7.31. The minimum Gasteiger partial charge on any atom is -0.323 e. The summed E-state index contributed by atoms with van der Waals surface area (Å²) in [6.07, 6.45) is 0. The number of halogens is 2. The maximum Gasteiger partial charge on any atom is 0.242 e. The van der Waals surface area contributed by atoms with Crippen LogP contribution in [0.3, 0.4) is 0 Å². The molecule has 0 heterocycles. The standard InChI is InChI=1S/C15H14Cl2N2O3S/c1-10(19-23(21,22)12-5-3-2-4-6-12)15(20)18-14-9-11(16)7-8-13(14)17/h2-10,19H,1H3,(H,18,20)/t10-/m1/s1. The van der Waals surface area contributed by atoms with Crippen molar-refractivity contribution in [2.75, 3.05) is 5.32 Å². The summed E-state index contributed by atoms with van der Waals surface area (Å²) in [6, 6.07) is 11.4. The second-order valence-corrected chi connectivity index (χ2v) is 7.33. The number of hydrogen-bond donors (Lipinski definition) is 2. The first kappa shape index (κ1) is 17.7. The lowest BCUT2D eigenvalue weighted by molar-refractivity contribution is -0.117. The lowest BCUT2D eigenvalue weighted by Gasteiger charge is -2.15. The fourth-order valence-corrected chi connectivity index (χ4v) is 3.35. The minimum atomic E-state index is -3.78. The zero-order valence-electron chi connectivity index (χ0n) is 12.1. The van der Waals surface area contributed by atoms with Gasteiger partial charge in [-0.2, -0.15) is 4.72 Å². The van der Waals surface area contributed by atoms with Crippen LogP contribution in [0.15, 0.2) is 53.4 Å². The first-order valence-corrected chi connectivity index (χ1v) is 8.87. The molecule has 0 bridgehead atoms. The molecule has 0 aromatic heterocycles. The molecular weight excluding hydrogens is 359 g/mol. The molecular formula is C15H14Cl2N2O3S. The highest BCUT2D eigenvalue weighted by atomic mass is 35.5. The zero-order chi connectivity index (χ0) is 17.0. The lowest BCUT2D eigenvalue weighted by atomic mass is 10.3. The number of nitrogens with one attached hydrogen (secondary N) is 2. The molecule has 2 N–H and O–H groups in total. The summed E-state index contributed by atoms with van der Waals surface area (Å²) in [6.45, 7) is 1.44. The quantitative estimate of drug-likeness (QED) is 0.845. The van der Waals surface area contributed by atoms with Crippen molar-refractivity contribution < 1.29 is 13.2 Å². The van der Waals surface area contributed by atoms with Crippen LogP contribution in [0.25, 0.3) is 0 Å². The fourth-order valence-electron chi connectivity index (χ4n) is 1.79. The Kier molecular flexibility index (Phi) is 5.64. The van der Waals surface area contributed by atoms with Crippen LogP contribution >= 0.6 is 23.2 Å². The van der Waals surface area contributed by atoms with Gasteiger partial charge in [0.2, 0.25) is 15.9 Å². The summed E-state index contributed by atoms with van der Waals surface area (Å²) >= 11 is 11.8. The first-order chi connectivity index (χ1) is 10.8. The Balaban J connectivity index is 2.10. The van der Waals surface area contributed by atoms with Gasteiger partial charge in [0.15, 0.2) is 0 Å². The number of amides is 1. The van der Waals surface area contributed by atoms with Gasteiger partial charge >= 0.3 is 0 Å². The van der Waals surface area contributed by atoms with E-state index in [-0.39, 0.29) is 4.90 Å². The highest BCUT2D eigenvalue weighted by Gasteiger charge is 2.22. The average molecular weight is 373 g/mol. The highest BCUT2D eigenvalue weighted by molar-refractivity contribution is 7.89. The number of carbonyl (C=O) groups excluding carboxylic acids is 1. The van der Waals surface area contributed by atoms with Gasteiger partial charge in [-0.25, -0.2) is 8.42 Å². The molecule has 122 valence electrons. The van der Waals surface area contributed by atoms with Gasteiger partial charge in [-0.1, -0.05) is 41.4 Å². The fraction of sp³-hybridized carbons (Fsp3) is 0.133. The van der Waals surface area contributed by atoms with E-state index >= 15 is 0 Å². The van der Waals surface area contributed by atoms with Crippen LogP contribution in [0.5, 0.6) is 0 Å². The van der Waals surface area contributed by atoms with Crippen molar-refractivity contribution >= 4 is 44.8 Å². The second-order valence-electron chi connectivity index (χ2n) is 4.77. The number of sulfonamides is 1. The summed E-state index contributed by atoms with van der Waals surface area (Å²) in [5.41, 5.74) is 0.315. The number of benzene rings is 2. The Hall–Kier alpha value is -1.60. The minimum absolute atomic E-state index is 0.0837. The largest absolute Gasteiger partial charge is 0.323 e. The topological polar surface area (TPSA) is 75.3 Å². The molecule has 2 rings (SSSR count). The summed E-state index contributed by atoms with van der Waals surface area (Å²) in [7, 11) is -3.78. The van der Waals surface area contributed by atoms with Crippen LogP contribution in [0, 0.1) is 0 Å². The van der Waals surface area contributed by atoms with E-state index in [4.69, 9.17) is 23.2 Å². The van der Waals surface area contributed by atoms with Crippen LogP contribution in [0.4, 0.5) is 5.69 Å². The van der Waals surface area contributed by atoms with Gasteiger partial charge in [0.05, 0.1) is 21.6 Å². The van der Waals surface area contributed by atoms with Crippen molar-refractivity contribution in [3.8, 4) is 0 Å². The summed E-state index contributed by atoms with van der Waals surface area (Å²) < 4.78 is 26.7. The lowest BCUT2D eigenvalue weighted by Crippen LogP contribution is -2.41. The van der Waals surface area contributed by atoms with Crippen LogP contribution in [-0.4, -0.2) is 20.4 Å². The van der Waals surface area contributed by atoms with Crippen LogP contribution < -0.4 is 10.0 Å². The van der Waals surface area contributed by atoms with Crippen molar-refractivity contribution in [3.63, 3.8) is 0 Å². The van der Waals surface area contributed by atoms with E-state index in [0.29, 0.717) is 15.7 Å². The highest BCUT2D eigenvalue weighted by Crippen LogP contribution is 2.25. The SMILES string of the molecule is C[C@@H](NS(=O)(=O)c1ccccc1)C(=O)Nc1cc(Cl)ccc1Cl. The molecule has 0 saturated carbocycles. The summed E-state index contributed by atoms with van der Waals surface area (Å²) in [4.78, 5) is 12.2. The van der Waals surface area contributed by atoms with Crippen LogP contribution in [0.2, 0.25) is 10.0 Å². The Morgan fingerprint density at radius 2 is 1.74 bits per heavy atom.